The maximum Gasteiger partial charge on any atom is 0.137 e. The predicted octanol–water partition coefficient (Wildman–Crippen LogP) is 1.75. The summed E-state index contributed by atoms with van der Waals surface area (Å²) in [5.41, 5.74) is 0.868. The second-order valence-corrected chi connectivity index (χ2v) is 5.01. The van der Waals surface area contributed by atoms with E-state index >= 15 is 0 Å². The van der Waals surface area contributed by atoms with Crippen molar-refractivity contribution in [2.75, 3.05) is 45.2 Å². The summed E-state index contributed by atoms with van der Waals surface area (Å²) in [6.07, 6.45) is 2.48. The van der Waals surface area contributed by atoms with E-state index in [9.17, 15) is 0 Å². The van der Waals surface area contributed by atoms with Crippen LogP contribution in [0.3, 0.4) is 0 Å². The van der Waals surface area contributed by atoms with E-state index in [1.807, 2.05) is 25.2 Å². The number of aliphatic hydroxyl groups excluding tert-OH is 1. The van der Waals surface area contributed by atoms with Gasteiger partial charge in [-0.3, -0.25) is 0 Å². The number of benzene rings is 1. The van der Waals surface area contributed by atoms with E-state index in [0.29, 0.717) is 6.61 Å². The van der Waals surface area contributed by atoms with Gasteiger partial charge in [0.15, 0.2) is 0 Å². The van der Waals surface area contributed by atoms with Gasteiger partial charge in [-0.2, -0.15) is 0 Å². The molecule has 6 heteroatoms. The van der Waals surface area contributed by atoms with Crippen LogP contribution in [0.5, 0.6) is 5.75 Å². The number of hydrogen-bond acceptors (Lipinski definition) is 6. The van der Waals surface area contributed by atoms with E-state index < -0.39 is 0 Å². The summed E-state index contributed by atoms with van der Waals surface area (Å²) in [5, 5.41) is 13.0. The lowest BCUT2D eigenvalue weighted by Crippen LogP contribution is -2.28. The highest BCUT2D eigenvalue weighted by Crippen LogP contribution is 2.23. The Morgan fingerprint density at radius 3 is 2.86 bits per heavy atom. The van der Waals surface area contributed by atoms with Crippen LogP contribution in [0.25, 0.3) is 10.9 Å². The highest BCUT2D eigenvalue weighted by atomic mass is 16.5. The Morgan fingerprint density at radius 1 is 1.27 bits per heavy atom. The molecular formula is C16H24N4O2. The number of nitrogens with one attached hydrogen (secondary N) is 1. The van der Waals surface area contributed by atoms with Crippen LogP contribution < -0.4 is 10.1 Å². The number of hydrogen-bond donors (Lipinski definition) is 2. The van der Waals surface area contributed by atoms with E-state index in [2.05, 4.69) is 27.1 Å². The highest BCUT2D eigenvalue weighted by molar-refractivity contribution is 5.89. The molecule has 0 radical (unpaired) electrons. The van der Waals surface area contributed by atoms with Gasteiger partial charge in [-0.15, -0.1) is 0 Å². The number of anilines is 1. The molecule has 0 amide bonds. The zero-order valence-corrected chi connectivity index (χ0v) is 13.2. The monoisotopic (exact) mass is 304 g/mol. The van der Waals surface area contributed by atoms with E-state index in [1.165, 1.54) is 0 Å². The summed E-state index contributed by atoms with van der Waals surface area (Å²) in [4.78, 5) is 10.7. The van der Waals surface area contributed by atoms with Crippen LogP contribution in [0, 0.1) is 0 Å². The van der Waals surface area contributed by atoms with Crippen molar-refractivity contribution in [2.24, 2.45) is 0 Å². The molecule has 1 aromatic carbocycles. The van der Waals surface area contributed by atoms with Gasteiger partial charge < -0.3 is 20.1 Å². The van der Waals surface area contributed by atoms with Crippen LogP contribution in [0.1, 0.15) is 13.3 Å². The molecule has 1 heterocycles. The Hall–Kier alpha value is -1.92. The molecule has 2 aromatic rings. The maximum absolute atomic E-state index is 8.96. The molecule has 0 saturated carbocycles. The van der Waals surface area contributed by atoms with E-state index in [-0.39, 0.29) is 6.61 Å². The van der Waals surface area contributed by atoms with Crippen LogP contribution >= 0.6 is 0 Å². The minimum Gasteiger partial charge on any atom is -0.493 e. The third-order valence-corrected chi connectivity index (χ3v) is 3.60. The van der Waals surface area contributed by atoms with Gasteiger partial charge in [-0.1, -0.05) is 6.92 Å². The number of ether oxygens (including phenoxy) is 1. The first-order chi connectivity index (χ1) is 10.8. The van der Waals surface area contributed by atoms with Crippen molar-refractivity contribution in [1.29, 1.82) is 0 Å². The number of likely N-dealkylation sites (N-methyl/N-ethyl adjacent to an activating group) is 1. The fourth-order valence-electron chi connectivity index (χ4n) is 2.37. The lowest BCUT2D eigenvalue weighted by Gasteiger charge is -2.18. The molecule has 0 fully saturated rings. The van der Waals surface area contributed by atoms with Crippen molar-refractivity contribution in [1.82, 2.24) is 14.9 Å². The van der Waals surface area contributed by atoms with Gasteiger partial charge in [0.1, 0.15) is 17.9 Å². The first-order valence-electron chi connectivity index (χ1n) is 7.67. The molecule has 0 aliphatic rings. The Balaban J connectivity index is 1.90. The highest BCUT2D eigenvalue weighted by Gasteiger charge is 2.04. The largest absolute Gasteiger partial charge is 0.493 e. The summed E-state index contributed by atoms with van der Waals surface area (Å²) in [7, 11) is 1.85. The van der Waals surface area contributed by atoms with Crippen molar-refractivity contribution in [3.05, 3.63) is 24.5 Å². The first-order valence-corrected chi connectivity index (χ1v) is 7.67. The van der Waals surface area contributed by atoms with Crippen molar-refractivity contribution in [2.45, 2.75) is 13.3 Å². The van der Waals surface area contributed by atoms with Crippen molar-refractivity contribution in [3.63, 3.8) is 0 Å². The van der Waals surface area contributed by atoms with Crippen molar-refractivity contribution >= 4 is 16.7 Å². The molecule has 0 spiro atoms. The SMILES string of the molecule is CCN(CCO)CCCOc1ccc2c(NC)ncnc2c1. The van der Waals surface area contributed by atoms with E-state index in [1.54, 1.807) is 6.33 Å². The van der Waals surface area contributed by atoms with Crippen molar-refractivity contribution in [3.8, 4) is 5.75 Å². The van der Waals surface area contributed by atoms with Gasteiger partial charge in [0.25, 0.3) is 0 Å². The molecular weight excluding hydrogens is 280 g/mol. The normalized spacial score (nSPS) is 11.1. The molecule has 0 atom stereocenters. The minimum absolute atomic E-state index is 0.201. The molecule has 0 aliphatic heterocycles. The molecule has 120 valence electrons. The summed E-state index contributed by atoms with van der Waals surface area (Å²) >= 11 is 0. The molecule has 0 bridgehead atoms. The van der Waals surface area contributed by atoms with Gasteiger partial charge >= 0.3 is 0 Å². The number of nitrogens with zero attached hydrogens (tertiary/aromatic N) is 3. The number of fused-ring (bicyclic) bond motifs is 1. The van der Waals surface area contributed by atoms with Crippen LogP contribution in [0.15, 0.2) is 24.5 Å². The average Bonchev–Trinajstić information content (AvgIpc) is 2.56. The average molecular weight is 304 g/mol. The van der Waals surface area contributed by atoms with E-state index in [0.717, 1.165) is 48.5 Å². The summed E-state index contributed by atoms with van der Waals surface area (Å²) < 4.78 is 5.79. The number of aromatic nitrogens is 2. The first kappa shape index (κ1) is 16.5. The second-order valence-electron chi connectivity index (χ2n) is 5.01. The Morgan fingerprint density at radius 2 is 2.14 bits per heavy atom. The van der Waals surface area contributed by atoms with Crippen LogP contribution in [0.4, 0.5) is 5.82 Å². The predicted molar refractivity (Wildman–Crippen MR) is 88.4 cm³/mol. The third-order valence-electron chi connectivity index (χ3n) is 3.60. The van der Waals surface area contributed by atoms with Gasteiger partial charge in [0.05, 0.1) is 18.7 Å². The summed E-state index contributed by atoms with van der Waals surface area (Å²) in [6, 6.07) is 5.85. The van der Waals surface area contributed by atoms with Crippen LogP contribution in [0.2, 0.25) is 0 Å². The second kappa shape index (κ2) is 8.51. The lowest BCUT2D eigenvalue weighted by atomic mass is 10.2. The smallest absolute Gasteiger partial charge is 0.137 e. The van der Waals surface area contributed by atoms with Crippen LogP contribution in [-0.2, 0) is 0 Å². The molecule has 0 aliphatic carbocycles. The van der Waals surface area contributed by atoms with E-state index in [4.69, 9.17) is 9.84 Å². The maximum atomic E-state index is 8.96. The van der Waals surface area contributed by atoms with Gasteiger partial charge in [-0.25, -0.2) is 9.97 Å². The molecule has 6 nitrogen and oxygen atoms in total. The fraction of sp³-hybridized carbons (Fsp3) is 0.500. The zero-order chi connectivity index (χ0) is 15.8. The minimum atomic E-state index is 0.201. The molecule has 2 rings (SSSR count). The van der Waals surface area contributed by atoms with Gasteiger partial charge in [-0.05, 0) is 25.1 Å². The Labute approximate surface area is 131 Å². The zero-order valence-electron chi connectivity index (χ0n) is 13.2. The molecule has 2 N–H and O–H groups in total. The van der Waals surface area contributed by atoms with Gasteiger partial charge in [0, 0.05) is 31.6 Å². The number of rotatable bonds is 9. The third kappa shape index (κ3) is 4.29. The molecule has 1 aromatic heterocycles. The molecule has 0 unspecified atom stereocenters. The van der Waals surface area contributed by atoms with Gasteiger partial charge in [0.2, 0.25) is 0 Å². The summed E-state index contributed by atoms with van der Waals surface area (Å²) in [6.45, 7) is 5.54. The standard InChI is InChI=1S/C16H24N4O2/c1-3-20(8-9-21)7-4-10-22-13-5-6-14-15(11-13)18-12-19-16(14)17-2/h5-6,11-12,21H,3-4,7-10H2,1-2H3,(H,17,18,19). The van der Waals surface area contributed by atoms with Crippen LogP contribution in [-0.4, -0.2) is 59.9 Å². The quantitative estimate of drug-likeness (QED) is 0.688. The number of aliphatic hydroxyl groups is 1. The topological polar surface area (TPSA) is 70.5 Å². The molecule has 22 heavy (non-hydrogen) atoms. The Bertz CT molecular complexity index is 591. The summed E-state index contributed by atoms with van der Waals surface area (Å²) in [5.74, 6) is 1.64. The van der Waals surface area contributed by atoms with Crippen molar-refractivity contribution < 1.29 is 9.84 Å². The molecule has 0 saturated heterocycles. The Kier molecular flexibility index (Phi) is 6.36. The fourth-order valence-corrected chi connectivity index (χ4v) is 2.37. The lowest BCUT2D eigenvalue weighted by molar-refractivity contribution is 0.189.